The van der Waals surface area contributed by atoms with Gasteiger partial charge in [-0.15, -0.1) is 0 Å². The Kier molecular flexibility index (Phi) is 4.65. The Hall–Kier alpha value is -2.40. The van der Waals surface area contributed by atoms with Crippen LogP contribution >= 0.6 is 0 Å². The van der Waals surface area contributed by atoms with Gasteiger partial charge in [-0.25, -0.2) is 0 Å². The summed E-state index contributed by atoms with van der Waals surface area (Å²) in [5.74, 6) is 0.534. The summed E-state index contributed by atoms with van der Waals surface area (Å²) in [6.07, 6.45) is 9.50. The van der Waals surface area contributed by atoms with E-state index in [2.05, 4.69) is 56.7 Å². The molecule has 1 atom stereocenters. The Labute approximate surface area is 148 Å². The third-order valence-electron chi connectivity index (χ3n) is 5.07. The van der Waals surface area contributed by atoms with E-state index in [1.807, 2.05) is 24.1 Å². The number of hydrogen-bond donors (Lipinski definition) is 1. The predicted molar refractivity (Wildman–Crippen MR) is 98.3 cm³/mol. The summed E-state index contributed by atoms with van der Waals surface area (Å²) in [6.45, 7) is 3.22. The Morgan fingerprint density at radius 3 is 2.84 bits per heavy atom. The van der Waals surface area contributed by atoms with E-state index in [1.54, 1.807) is 0 Å². The number of rotatable bonds is 5. The van der Waals surface area contributed by atoms with Crippen LogP contribution in [0.15, 0.2) is 48.9 Å². The first-order valence-electron chi connectivity index (χ1n) is 9.04. The molecule has 130 valence electrons. The second kappa shape index (κ2) is 7.23. The quantitative estimate of drug-likeness (QED) is 0.779. The molecule has 0 aliphatic carbocycles. The van der Waals surface area contributed by atoms with Crippen LogP contribution in [0.2, 0.25) is 0 Å². The van der Waals surface area contributed by atoms with E-state index >= 15 is 0 Å². The van der Waals surface area contributed by atoms with Crippen molar-refractivity contribution in [3.05, 3.63) is 71.3 Å². The van der Waals surface area contributed by atoms with Gasteiger partial charge in [0.05, 0.1) is 12.4 Å². The second-order valence-electron chi connectivity index (χ2n) is 7.07. The molecule has 0 radical (unpaired) electrons. The summed E-state index contributed by atoms with van der Waals surface area (Å²) < 4.78 is 1.88. The van der Waals surface area contributed by atoms with E-state index in [-0.39, 0.29) is 0 Å². The van der Waals surface area contributed by atoms with Gasteiger partial charge in [0.15, 0.2) is 0 Å². The van der Waals surface area contributed by atoms with Gasteiger partial charge in [0.1, 0.15) is 0 Å². The molecule has 0 amide bonds. The number of nitrogens with one attached hydrogen (secondary N) is 1. The first-order chi connectivity index (χ1) is 12.3. The minimum Gasteiger partial charge on any atom is -0.298 e. The SMILES string of the molecule is Cn1cc(CN2CCCC(c3[nH]ncc3Cc3ccccc3)C2)cn1. The molecule has 5 nitrogen and oxygen atoms in total. The minimum absolute atomic E-state index is 0.534. The lowest BCUT2D eigenvalue weighted by molar-refractivity contribution is 0.198. The maximum absolute atomic E-state index is 4.35. The Morgan fingerprint density at radius 1 is 1.16 bits per heavy atom. The molecule has 1 aliphatic rings. The Morgan fingerprint density at radius 2 is 2.04 bits per heavy atom. The molecule has 4 rings (SSSR count). The van der Waals surface area contributed by atoms with Gasteiger partial charge in [0.2, 0.25) is 0 Å². The second-order valence-corrected chi connectivity index (χ2v) is 7.07. The fourth-order valence-electron chi connectivity index (χ4n) is 3.88. The van der Waals surface area contributed by atoms with Crippen molar-refractivity contribution in [2.45, 2.75) is 31.7 Å². The number of nitrogens with zero attached hydrogens (tertiary/aromatic N) is 4. The highest BCUT2D eigenvalue weighted by Crippen LogP contribution is 2.29. The van der Waals surface area contributed by atoms with Crippen LogP contribution in [0.25, 0.3) is 0 Å². The van der Waals surface area contributed by atoms with E-state index in [0.29, 0.717) is 5.92 Å². The molecule has 1 N–H and O–H groups in total. The lowest BCUT2D eigenvalue weighted by Crippen LogP contribution is -2.34. The maximum Gasteiger partial charge on any atom is 0.0534 e. The van der Waals surface area contributed by atoms with Crippen LogP contribution in [0.1, 0.15) is 41.1 Å². The number of aromatic amines is 1. The van der Waals surface area contributed by atoms with Gasteiger partial charge in [0, 0.05) is 49.9 Å². The predicted octanol–water partition coefficient (Wildman–Crippen LogP) is 3.11. The normalized spacial score (nSPS) is 18.5. The standard InChI is InChI=1S/C20H25N5/c1-24-13-17(11-22-24)14-25-9-5-8-18(15-25)20-19(12-21-23-20)10-16-6-3-2-4-7-16/h2-4,6-7,11-13,18H,5,8-10,14-15H2,1H3,(H,21,23). The first kappa shape index (κ1) is 16.1. The van der Waals surface area contributed by atoms with E-state index in [4.69, 9.17) is 0 Å². The summed E-state index contributed by atoms with van der Waals surface area (Å²) in [5, 5.41) is 11.9. The topological polar surface area (TPSA) is 49.7 Å². The molecule has 1 saturated heterocycles. The van der Waals surface area contributed by atoms with Crippen molar-refractivity contribution in [1.82, 2.24) is 24.9 Å². The zero-order valence-electron chi connectivity index (χ0n) is 14.7. The number of aryl methyl sites for hydroxylation is 1. The Balaban J connectivity index is 1.45. The molecule has 1 aromatic carbocycles. The number of hydrogen-bond acceptors (Lipinski definition) is 3. The van der Waals surface area contributed by atoms with Crippen LogP contribution < -0.4 is 0 Å². The molecule has 2 aromatic heterocycles. The molecule has 0 bridgehead atoms. The van der Waals surface area contributed by atoms with Crippen LogP contribution in [0.4, 0.5) is 0 Å². The van der Waals surface area contributed by atoms with Gasteiger partial charge < -0.3 is 0 Å². The van der Waals surface area contributed by atoms with Gasteiger partial charge in [-0.2, -0.15) is 10.2 Å². The third kappa shape index (κ3) is 3.82. The summed E-state index contributed by atoms with van der Waals surface area (Å²) in [7, 11) is 1.98. The van der Waals surface area contributed by atoms with Gasteiger partial charge in [0.25, 0.3) is 0 Å². The summed E-state index contributed by atoms with van der Waals surface area (Å²) in [6, 6.07) is 10.6. The number of benzene rings is 1. The van der Waals surface area contributed by atoms with Crippen LogP contribution in [0, 0.1) is 0 Å². The fourth-order valence-corrected chi connectivity index (χ4v) is 3.88. The van der Waals surface area contributed by atoms with Crippen LogP contribution in [0.3, 0.4) is 0 Å². The van der Waals surface area contributed by atoms with Crippen LogP contribution in [-0.2, 0) is 20.0 Å². The monoisotopic (exact) mass is 335 g/mol. The van der Waals surface area contributed by atoms with Crippen molar-refractivity contribution in [2.24, 2.45) is 7.05 Å². The molecule has 1 fully saturated rings. The highest BCUT2D eigenvalue weighted by Gasteiger charge is 2.25. The molecule has 0 spiro atoms. The maximum atomic E-state index is 4.35. The number of likely N-dealkylation sites (tertiary alicyclic amines) is 1. The third-order valence-corrected chi connectivity index (χ3v) is 5.07. The molecule has 5 heteroatoms. The van der Waals surface area contributed by atoms with E-state index in [1.165, 1.54) is 35.2 Å². The van der Waals surface area contributed by atoms with E-state index in [9.17, 15) is 0 Å². The number of aromatic nitrogens is 4. The van der Waals surface area contributed by atoms with E-state index in [0.717, 1.165) is 26.1 Å². The molecule has 1 aliphatic heterocycles. The molecule has 0 saturated carbocycles. The summed E-state index contributed by atoms with van der Waals surface area (Å²) in [5.41, 5.74) is 5.28. The van der Waals surface area contributed by atoms with Gasteiger partial charge in [-0.3, -0.25) is 14.7 Å². The highest BCUT2D eigenvalue weighted by atomic mass is 15.2. The van der Waals surface area contributed by atoms with Gasteiger partial charge >= 0.3 is 0 Å². The van der Waals surface area contributed by atoms with Crippen molar-refractivity contribution in [3.63, 3.8) is 0 Å². The van der Waals surface area contributed by atoms with Gasteiger partial charge in [-0.1, -0.05) is 30.3 Å². The molecular formula is C20H25N5. The smallest absolute Gasteiger partial charge is 0.0534 e. The lowest BCUT2D eigenvalue weighted by Gasteiger charge is -2.32. The Bertz CT molecular complexity index is 804. The largest absolute Gasteiger partial charge is 0.298 e. The molecule has 3 heterocycles. The molecular weight excluding hydrogens is 310 g/mol. The zero-order chi connectivity index (χ0) is 17.1. The number of piperidine rings is 1. The first-order valence-corrected chi connectivity index (χ1v) is 9.04. The van der Waals surface area contributed by atoms with Crippen molar-refractivity contribution < 1.29 is 0 Å². The van der Waals surface area contributed by atoms with Crippen LogP contribution in [0.5, 0.6) is 0 Å². The van der Waals surface area contributed by atoms with Crippen LogP contribution in [-0.4, -0.2) is 38.0 Å². The van der Waals surface area contributed by atoms with Crippen molar-refractivity contribution in [1.29, 1.82) is 0 Å². The summed E-state index contributed by atoms with van der Waals surface area (Å²) in [4.78, 5) is 2.54. The highest BCUT2D eigenvalue weighted by molar-refractivity contribution is 5.29. The number of H-pyrrole nitrogens is 1. The van der Waals surface area contributed by atoms with Gasteiger partial charge in [-0.05, 0) is 30.5 Å². The summed E-state index contributed by atoms with van der Waals surface area (Å²) >= 11 is 0. The molecule has 1 unspecified atom stereocenters. The van der Waals surface area contributed by atoms with E-state index < -0.39 is 0 Å². The molecule has 3 aromatic rings. The minimum atomic E-state index is 0.534. The average molecular weight is 335 g/mol. The average Bonchev–Trinajstić information content (AvgIpc) is 3.25. The lowest BCUT2D eigenvalue weighted by atomic mass is 9.90. The molecule has 25 heavy (non-hydrogen) atoms. The zero-order valence-corrected chi connectivity index (χ0v) is 14.7. The van der Waals surface area contributed by atoms with Crippen molar-refractivity contribution >= 4 is 0 Å². The van der Waals surface area contributed by atoms with Crippen molar-refractivity contribution in [2.75, 3.05) is 13.1 Å². The van der Waals surface area contributed by atoms with Crippen molar-refractivity contribution in [3.8, 4) is 0 Å². The fraction of sp³-hybridized carbons (Fsp3) is 0.400.